The molecule has 0 radical (unpaired) electrons. The summed E-state index contributed by atoms with van der Waals surface area (Å²) < 4.78 is 12.8. The number of rotatable bonds is 4. The fraction of sp³-hybridized carbons (Fsp3) is 0.353. The maximum absolute atomic E-state index is 12.8. The molecule has 1 N–H and O–H groups in total. The maximum atomic E-state index is 12.8. The Morgan fingerprint density at radius 1 is 1.14 bits per heavy atom. The molecule has 2 aromatic rings. The predicted molar refractivity (Wildman–Crippen MR) is 81.1 cm³/mol. The predicted octanol–water partition coefficient (Wildman–Crippen LogP) is 2.47. The lowest BCUT2D eigenvalue weighted by atomic mass is 9.94. The first-order valence-corrected chi connectivity index (χ1v) is 7.59. The van der Waals surface area contributed by atoms with Gasteiger partial charge in [0.15, 0.2) is 0 Å². The fourth-order valence-corrected chi connectivity index (χ4v) is 2.77. The lowest BCUT2D eigenvalue weighted by Crippen LogP contribution is -2.28. The van der Waals surface area contributed by atoms with Gasteiger partial charge < -0.3 is 5.32 Å². The van der Waals surface area contributed by atoms with Crippen LogP contribution in [-0.4, -0.2) is 22.4 Å². The third-order valence-corrected chi connectivity index (χ3v) is 3.95. The normalized spacial score (nSPS) is 13.5. The number of carbonyl (C=O) groups excluding carboxylic acids is 1. The van der Waals surface area contributed by atoms with Crippen molar-refractivity contribution in [3.63, 3.8) is 0 Å². The zero-order valence-electron chi connectivity index (χ0n) is 12.3. The van der Waals surface area contributed by atoms with Gasteiger partial charge in [-0.3, -0.25) is 4.79 Å². The Labute approximate surface area is 128 Å². The molecule has 0 aliphatic heterocycles. The van der Waals surface area contributed by atoms with Crippen molar-refractivity contribution >= 4 is 5.91 Å². The molecule has 1 aliphatic rings. The van der Waals surface area contributed by atoms with E-state index in [1.165, 1.54) is 18.5 Å². The van der Waals surface area contributed by atoms with Crippen molar-refractivity contribution in [1.29, 1.82) is 0 Å². The Morgan fingerprint density at radius 2 is 1.91 bits per heavy atom. The second-order valence-electron chi connectivity index (χ2n) is 5.49. The van der Waals surface area contributed by atoms with Gasteiger partial charge in [-0.2, -0.15) is 0 Å². The van der Waals surface area contributed by atoms with Crippen LogP contribution in [-0.2, 0) is 19.3 Å². The van der Waals surface area contributed by atoms with Crippen LogP contribution in [0.2, 0.25) is 0 Å². The SMILES string of the molecule is O=C(NCCc1ccc(F)cc1)c1ncnc2c1CCCC2. The molecule has 1 aromatic carbocycles. The molecule has 1 heterocycles. The third-order valence-electron chi connectivity index (χ3n) is 3.95. The highest BCUT2D eigenvalue weighted by Gasteiger charge is 2.19. The zero-order chi connectivity index (χ0) is 15.4. The smallest absolute Gasteiger partial charge is 0.270 e. The van der Waals surface area contributed by atoms with Crippen LogP contribution >= 0.6 is 0 Å². The summed E-state index contributed by atoms with van der Waals surface area (Å²) in [4.78, 5) is 20.7. The van der Waals surface area contributed by atoms with Gasteiger partial charge in [0.1, 0.15) is 17.8 Å². The minimum Gasteiger partial charge on any atom is -0.350 e. The van der Waals surface area contributed by atoms with Crippen LogP contribution in [0.4, 0.5) is 4.39 Å². The van der Waals surface area contributed by atoms with E-state index in [1.807, 2.05) is 0 Å². The first-order chi connectivity index (χ1) is 10.7. The summed E-state index contributed by atoms with van der Waals surface area (Å²) >= 11 is 0. The number of aryl methyl sites for hydroxylation is 1. The highest BCUT2D eigenvalue weighted by molar-refractivity contribution is 5.93. The van der Waals surface area contributed by atoms with E-state index >= 15 is 0 Å². The van der Waals surface area contributed by atoms with E-state index in [-0.39, 0.29) is 11.7 Å². The first kappa shape index (κ1) is 14.6. The molecular weight excluding hydrogens is 281 g/mol. The van der Waals surface area contributed by atoms with Gasteiger partial charge in [-0.25, -0.2) is 14.4 Å². The molecule has 5 heteroatoms. The monoisotopic (exact) mass is 299 g/mol. The average Bonchev–Trinajstić information content (AvgIpc) is 2.56. The van der Waals surface area contributed by atoms with Gasteiger partial charge in [-0.1, -0.05) is 12.1 Å². The molecule has 1 aromatic heterocycles. The van der Waals surface area contributed by atoms with Crippen molar-refractivity contribution in [3.8, 4) is 0 Å². The van der Waals surface area contributed by atoms with Crippen LogP contribution in [0.1, 0.15) is 40.2 Å². The fourth-order valence-electron chi connectivity index (χ4n) is 2.77. The van der Waals surface area contributed by atoms with E-state index in [0.717, 1.165) is 42.5 Å². The molecule has 0 atom stereocenters. The Hall–Kier alpha value is -2.30. The molecule has 4 nitrogen and oxygen atoms in total. The minimum atomic E-state index is -0.250. The Bertz CT molecular complexity index is 670. The summed E-state index contributed by atoms with van der Waals surface area (Å²) in [5.74, 6) is -0.400. The lowest BCUT2D eigenvalue weighted by molar-refractivity contribution is 0.0947. The van der Waals surface area contributed by atoms with Gasteiger partial charge in [0.05, 0.1) is 0 Å². The molecule has 0 spiro atoms. The van der Waals surface area contributed by atoms with E-state index in [4.69, 9.17) is 0 Å². The molecule has 0 unspecified atom stereocenters. The number of halogens is 1. The van der Waals surface area contributed by atoms with Crippen molar-refractivity contribution < 1.29 is 9.18 Å². The summed E-state index contributed by atoms with van der Waals surface area (Å²) in [6.45, 7) is 0.503. The summed E-state index contributed by atoms with van der Waals surface area (Å²) in [6.07, 6.45) is 6.13. The van der Waals surface area contributed by atoms with Gasteiger partial charge in [-0.15, -0.1) is 0 Å². The number of amides is 1. The molecular formula is C17H18FN3O. The van der Waals surface area contributed by atoms with Crippen LogP contribution in [0.3, 0.4) is 0 Å². The summed E-state index contributed by atoms with van der Waals surface area (Å²) in [5.41, 5.74) is 3.49. The molecule has 0 saturated heterocycles. The van der Waals surface area contributed by atoms with Crippen molar-refractivity contribution in [2.45, 2.75) is 32.1 Å². The largest absolute Gasteiger partial charge is 0.350 e. The number of aromatic nitrogens is 2. The van der Waals surface area contributed by atoms with E-state index in [9.17, 15) is 9.18 Å². The van der Waals surface area contributed by atoms with Crippen LogP contribution in [0.15, 0.2) is 30.6 Å². The molecule has 114 valence electrons. The van der Waals surface area contributed by atoms with Crippen LogP contribution in [0.25, 0.3) is 0 Å². The number of hydrogen-bond donors (Lipinski definition) is 1. The highest BCUT2D eigenvalue weighted by Crippen LogP contribution is 2.21. The molecule has 1 amide bonds. The number of fused-ring (bicyclic) bond motifs is 1. The van der Waals surface area contributed by atoms with E-state index < -0.39 is 0 Å². The molecule has 0 fully saturated rings. The quantitative estimate of drug-likeness (QED) is 0.943. The topological polar surface area (TPSA) is 54.9 Å². The first-order valence-electron chi connectivity index (χ1n) is 7.59. The van der Waals surface area contributed by atoms with Crippen LogP contribution < -0.4 is 5.32 Å². The Balaban J connectivity index is 1.61. The summed E-state index contributed by atoms with van der Waals surface area (Å²) in [5, 5.41) is 2.89. The van der Waals surface area contributed by atoms with Gasteiger partial charge in [0, 0.05) is 17.8 Å². The van der Waals surface area contributed by atoms with Crippen molar-refractivity contribution in [2.75, 3.05) is 6.54 Å². The number of nitrogens with zero attached hydrogens (tertiary/aromatic N) is 2. The molecule has 1 aliphatic carbocycles. The van der Waals surface area contributed by atoms with Gasteiger partial charge >= 0.3 is 0 Å². The number of nitrogens with one attached hydrogen (secondary N) is 1. The average molecular weight is 299 g/mol. The maximum Gasteiger partial charge on any atom is 0.270 e. The van der Waals surface area contributed by atoms with Crippen molar-refractivity contribution in [1.82, 2.24) is 15.3 Å². The van der Waals surface area contributed by atoms with Gasteiger partial charge in [0.25, 0.3) is 5.91 Å². The zero-order valence-corrected chi connectivity index (χ0v) is 12.3. The molecule has 0 bridgehead atoms. The summed E-state index contributed by atoms with van der Waals surface area (Å²) in [6, 6.07) is 6.32. The van der Waals surface area contributed by atoms with E-state index in [1.54, 1.807) is 12.1 Å². The molecule has 3 rings (SSSR count). The van der Waals surface area contributed by atoms with Crippen molar-refractivity contribution in [3.05, 3.63) is 58.9 Å². The van der Waals surface area contributed by atoms with Crippen LogP contribution in [0, 0.1) is 5.82 Å². The Morgan fingerprint density at radius 3 is 2.73 bits per heavy atom. The number of hydrogen-bond acceptors (Lipinski definition) is 3. The van der Waals surface area contributed by atoms with Crippen LogP contribution in [0.5, 0.6) is 0 Å². The van der Waals surface area contributed by atoms with Crippen molar-refractivity contribution in [2.24, 2.45) is 0 Å². The Kier molecular flexibility index (Phi) is 4.42. The number of carbonyl (C=O) groups is 1. The second-order valence-corrected chi connectivity index (χ2v) is 5.49. The molecule has 22 heavy (non-hydrogen) atoms. The summed E-state index contributed by atoms with van der Waals surface area (Å²) in [7, 11) is 0. The van der Waals surface area contributed by atoms with Gasteiger partial charge in [-0.05, 0) is 49.8 Å². The number of benzene rings is 1. The lowest BCUT2D eigenvalue weighted by Gasteiger charge is -2.16. The van der Waals surface area contributed by atoms with E-state index in [0.29, 0.717) is 18.7 Å². The molecule has 0 saturated carbocycles. The second kappa shape index (κ2) is 6.64. The third kappa shape index (κ3) is 3.30. The van der Waals surface area contributed by atoms with E-state index in [2.05, 4.69) is 15.3 Å². The highest BCUT2D eigenvalue weighted by atomic mass is 19.1. The minimum absolute atomic E-state index is 0.150. The standard InChI is InChI=1S/C17H18FN3O/c18-13-7-5-12(6-8-13)9-10-19-17(22)16-14-3-1-2-4-15(14)20-11-21-16/h5-8,11H,1-4,9-10H2,(H,19,22). The van der Waals surface area contributed by atoms with Gasteiger partial charge in [0.2, 0.25) is 0 Å².